The van der Waals surface area contributed by atoms with E-state index >= 15 is 0 Å². The molecule has 10 rings (SSSR count). The van der Waals surface area contributed by atoms with Crippen molar-refractivity contribution in [3.63, 3.8) is 0 Å². The topological polar surface area (TPSA) is 56.2 Å². The molecule has 0 saturated carbocycles. The van der Waals surface area contributed by atoms with Gasteiger partial charge in [-0.2, -0.15) is 0 Å². The molecule has 254 valence electrons. The van der Waals surface area contributed by atoms with Gasteiger partial charge in [0.1, 0.15) is 11.2 Å². The fourth-order valence-electron chi connectivity index (χ4n) is 8.00. The minimum atomic E-state index is -0.271. The first kappa shape index (κ1) is 31.6. The molecule has 0 atom stereocenters. The molecule has 7 aromatic carbocycles. The molecule has 0 radical (unpaired) electrons. The lowest BCUT2D eigenvalue weighted by atomic mass is 9.81. The van der Waals surface area contributed by atoms with Gasteiger partial charge in [-0.25, -0.2) is 19.8 Å². The third kappa shape index (κ3) is 5.03. The van der Waals surface area contributed by atoms with Crippen molar-refractivity contribution in [1.29, 1.82) is 0 Å². The average Bonchev–Trinajstić information content (AvgIpc) is 3.72. The van der Waals surface area contributed by atoms with Crippen LogP contribution < -0.4 is 0 Å². The SMILES string of the molecule is [C-]#[N+]c1ccc2c(c1)C(C)(C)c1cc(-c3c(-c4ccc(-c5nc(-c6ccccc6)nc(-c6ccccc6)n5)cc4)ccc4c3oc3ccccc34)ccc1-2. The minimum Gasteiger partial charge on any atom is -0.455 e. The van der Waals surface area contributed by atoms with E-state index in [2.05, 4.69) is 91.5 Å². The largest absolute Gasteiger partial charge is 0.455 e. The molecule has 1 aliphatic carbocycles. The van der Waals surface area contributed by atoms with Crippen LogP contribution in [-0.2, 0) is 5.41 Å². The maximum Gasteiger partial charge on any atom is 0.187 e. The van der Waals surface area contributed by atoms with Gasteiger partial charge in [0.25, 0.3) is 0 Å². The summed E-state index contributed by atoms with van der Waals surface area (Å²) in [5.74, 6) is 1.88. The van der Waals surface area contributed by atoms with Crippen molar-refractivity contribution < 1.29 is 4.42 Å². The number of furan rings is 1. The summed E-state index contributed by atoms with van der Waals surface area (Å²) in [5, 5.41) is 2.17. The monoisotopic (exact) mass is 692 g/mol. The number of para-hydroxylation sites is 1. The van der Waals surface area contributed by atoms with Crippen LogP contribution in [0.25, 0.3) is 94.3 Å². The van der Waals surface area contributed by atoms with Crippen molar-refractivity contribution in [3.8, 4) is 67.5 Å². The third-order valence-electron chi connectivity index (χ3n) is 10.8. The fraction of sp³-hybridized carbons (Fsp3) is 0.0612. The number of hydrogen-bond acceptors (Lipinski definition) is 4. The lowest BCUT2D eigenvalue weighted by Crippen LogP contribution is -2.15. The van der Waals surface area contributed by atoms with Crippen molar-refractivity contribution in [3.05, 3.63) is 180 Å². The number of hydrogen-bond donors (Lipinski definition) is 0. The molecule has 54 heavy (non-hydrogen) atoms. The van der Waals surface area contributed by atoms with E-state index < -0.39 is 0 Å². The van der Waals surface area contributed by atoms with E-state index in [9.17, 15) is 0 Å². The van der Waals surface area contributed by atoms with Crippen LogP contribution in [-0.4, -0.2) is 15.0 Å². The van der Waals surface area contributed by atoms with Gasteiger partial charge in [-0.1, -0.05) is 153 Å². The minimum absolute atomic E-state index is 0.271. The van der Waals surface area contributed by atoms with E-state index in [0.29, 0.717) is 23.2 Å². The summed E-state index contributed by atoms with van der Waals surface area (Å²) in [6.45, 7) is 12.1. The summed E-state index contributed by atoms with van der Waals surface area (Å²) in [5.41, 5.74) is 14.0. The first-order valence-electron chi connectivity index (χ1n) is 18.1. The summed E-state index contributed by atoms with van der Waals surface area (Å²) >= 11 is 0. The zero-order valence-electron chi connectivity index (χ0n) is 29.7. The van der Waals surface area contributed by atoms with Gasteiger partial charge in [-0.05, 0) is 57.1 Å². The number of nitrogens with zero attached hydrogens (tertiary/aromatic N) is 4. The van der Waals surface area contributed by atoms with Crippen molar-refractivity contribution in [2.24, 2.45) is 0 Å². The molecule has 9 aromatic rings. The van der Waals surface area contributed by atoms with Crippen molar-refractivity contribution in [2.75, 3.05) is 0 Å². The first-order chi connectivity index (χ1) is 26.5. The van der Waals surface area contributed by atoms with Gasteiger partial charge >= 0.3 is 0 Å². The second-order valence-electron chi connectivity index (χ2n) is 14.3. The number of fused-ring (bicyclic) bond motifs is 6. The van der Waals surface area contributed by atoms with E-state index in [-0.39, 0.29) is 5.41 Å². The highest BCUT2D eigenvalue weighted by molar-refractivity contribution is 6.13. The summed E-state index contributed by atoms with van der Waals surface area (Å²) < 4.78 is 6.71. The Morgan fingerprint density at radius 2 is 1.00 bits per heavy atom. The van der Waals surface area contributed by atoms with Crippen LogP contribution in [0, 0.1) is 6.57 Å². The molecule has 0 unspecified atom stereocenters. The molecule has 2 aromatic heterocycles. The average molecular weight is 693 g/mol. The van der Waals surface area contributed by atoms with Crippen LogP contribution in [0.1, 0.15) is 25.0 Å². The van der Waals surface area contributed by atoms with Gasteiger partial charge in [-0.3, -0.25) is 0 Å². The summed E-state index contributed by atoms with van der Waals surface area (Å²) in [7, 11) is 0. The predicted molar refractivity (Wildman–Crippen MR) is 218 cm³/mol. The van der Waals surface area contributed by atoms with Crippen LogP contribution in [0.5, 0.6) is 0 Å². The molecule has 0 bridgehead atoms. The maximum absolute atomic E-state index is 7.63. The Labute approximate surface area is 313 Å². The maximum atomic E-state index is 7.63. The lowest BCUT2D eigenvalue weighted by Gasteiger charge is -2.22. The molecule has 5 heteroatoms. The molecule has 1 aliphatic rings. The number of aromatic nitrogens is 3. The highest BCUT2D eigenvalue weighted by Gasteiger charge is 2.36. The molecule has 0 aliphatic heterocycles. The van der Waals surface area contributed by atoms with Crippen LogP contribution in [0.3, 0.4) is 0 Å². The van der Waals surface area contributed by atoms with E-state index in [0.717, 1.165) is 60.9 Å². The standard InChI is InChI=1S/C49H32N4O/c1-49(2)41-28-34(22-24-37(41)38-25-23-35(50-3)29-42(38)49)44-36(26-27-40-39-16-10-11-17-43(39)54-45(40)44)30-18-20-33(21-19-30)48-52-46(31-12-6-4-7-13-31)51-47(53-48)32-14-8-5-9-15-32/h4-29H,1-2H3. The Balaban J connectivity index is 1.13. The van der Waals surface area contributed by atoms with Gasteiger partial charge in [-0.15, -0.1) is 0 Å². The normalized spacial score (nSPS) is 12.8. The van der Waals surface area contributed by atoms with Crippen molar-refractivity contribution in [1.82, 2.24) is 15.0 Å². The van der Waals surface area contributed by atoms with Crippen LogP contribution >= 0.6 is 0 Å². The number of rotatable bonds is 5. The van der Waals surface area contributed by atoms with Crippen LogP contribution in [0.15, 0.2) is 162 Å². The molecule has 5 nitrogen and oxygen atoms in total. The van der Waals surface area contributed by atoms with Gasteiger partial charge in [0.05, 0.1) is 6.57 Å². The van der Waals surface area contributed by atoms with E-state index in [1.165, 1.54) is 22.3 Å². The third-order valence-corrected chi connectivity index (χ3v) is 10.8. The van der Waals surface area contributed by atoms with Crippen LogP contribution in [0.2, 0.25) is 0 Å². The Morgan fingerprint density at radius 3 is 1.65 bits per heavy atom. The fourth-order valence-corrected chi connectivity index (χ4v) is 8.00. The lowest BCUT2D eigenvalue weighted by molar-refractivity contribution is 0.660. The summed E-state index contributed by atoms with van der Waals surface area (Å²) in [4.78, 5) is 18.5. The van der Waals surface area contributed by atoms with E-state index in [1.54, 1.807) is 0 Å². The van der Waals surface area contributed by atoms with Crippen LogP contribution in [0.4, 0.5) is 5.69 Å². The number of benzene rings is 7. The highest BCUT2D eigenvalue weighted by Crippen LogP contribution is 2.52. The van der Waals surface area contributed by atoms with Gasteiger partial charge in [0, 0.05) is 38.4 Å². The first-order valence-corrected chi connectivity index (χ1v) is 18.1. The second-order valence-corrected chi connectivity index (χ2v) is 14.3. The zero-order valence-corrected chi connectivity index (χ0v) is 29.7. The van der Waals surface area contributed by atoms with Gasteiger partial charge < -0.3 is 4.42 Å². The Morgan fingerprint density at radius 1 is 0.481 bits per heavy atom. The quantitative estimate of drug-likeness (QED) is 0.169. The Hall–Kier alpha value is -7.16. The Bertz CT molecular complexity index is 2900. The molecule has 2 heterocycles. The molecule has 0 fully saturated rings. The smallest absolute Gasteiger partial charge is 0.187 e. The molecule has 0 saturated heterocycles. The van der Waals surface area contributed by atoms with Gasteiger partial charge in [0.15, 0.2) is 23.2 Å². The molecule has 0 amide bonds. The van der Waals surface area contributed by atoms with Crippen molar-refractivity contribution in [2.45, 2.75) is 19.3 Å². The van der Waals surface area contributed by atoms with Gasteiger partial charge in [0.2, 0.25) is 0 Å². The molecular weight excluding hydrogens is 661 g/mol. The summed E-state index contributed by atoms with van der Waals surface area (Å²) in [6, 6.07) is 54.0. The van der Waals surface area contributed by atoms with Crippen molar-refractivity contribution >= 4 is 27.6 Å². The summed E-state index contributed by atoms with van der Waals surface area (Å²) in [6.07, 6.45) is 0. The second kappa shape index (κ2) is 12.2. The Kier molecular flexibility index (Phi) is 7.14. The molecular formula is C49H32N4O. The van der Waals surface area contributed by atoms with E-state index in [1.807, 2.05) is 84.9 Å². The molecule has 0 N–H and O–H groups in total. The van der Waals surface area contributed by atoms with E-state index in [4.69, 9.17) is 25.9 Å². The zero-order chi connectivity index (χ0) is 36.4. The predicted octanol–water partition coefficient (Wildman–Crippen LogP) is 13.0. The highest BCUT2D eigenvalue weighted by atomic mass is 16.3. The molecule has 0 spiro atoms.